The lowest BCUT2D eigenvalue weighted by Crippen LogP contribution is -2.30. The Morgan fingerprint density at radius 1 is 0.889 bits per heavy atom. The van der Waals surface area contributed by atoms with Crippen LogP contribution in [0.1, 0.15) is 61.5 Å². The highest BCUT2D eigenvalue weighted by Crippen LogP contribution is 2.43. The van der Waals surface area contributed by atoms with Gasteiger partial charge in [0.2, 0.25) is 5.91 Å². The molecular formula is C43H42N4O5S2. The molecular weight excluding hydrogens is 717 g/mol. The van der Waals surface area contributed by atoms with Crippen LogP contribution in [0, 0.1) is 0 Å². The second-order valence-electron chi connectivity index (χ2n) is 13.0. The molecule has 6 rings (SSSR count). The molecule has 0 saturated heterocycles. The third-order valence-corrected chi connectivity index (χ3v) is 11.1. The average Bonchev–Trinajstić information content (AvgIpc) is 3.55. The van der Waals surface area contributed by atoms with Gasteiger partial charge in [0.1, 0.15) is 10.7 Å². The lowest BCUT2D eigenvalue weighted by molar-refractivity contribution is -0.114. The lowest BCUT2D eigenvalue weighted by Gasteiger charge is -2.23. The number of ether oxygens (including phenoxy) is 1. The lowest BCUT2D eigenvalue weighted by atomic mass is 9.83. The van der Waals surface area contributed by atoms with E-state index in [-0.39, 0.29) is 24.0 Å². The Morgan fingerprint density at radius 2 is 1.61 bits per heavy atom. The maximum absolute atomic E-state index is 13.6. The van der Waals surface area contributed by atoms with Crippen molar-refractivity contribution in [1.29, 1.82) is 0 Å². The van der Waals surface area contributed by atoms with Crippen LogP contribution >= 0.6 is 23.1 Å². The van der Waals surface area contributed by atoms with Gasteiger partial charge in [0.05, 0.1) is 17.9 Å². The molecule has 276 valence electrons. The number of nitrogens with one attached hydrogen (secondary N) is 3. The molecule has 1 aliphatic carbocycles. The predicted octanol–water partition coefficient (Wildman–Crippen LogP) is 8.40. The second kappa shape index (κ2) is 17.9. The summed E-state index contributed by atoms with van der Waals surface area (Å²) in [4.78, 5) is 57.0. The van der Waals surface area contributed by atoms with Crippen molar-refractivity contribution >= 4 is 69.2 Å². The molecule has 9 nitrogen and oxygen atoms in total. The Hall–Kier alpha value is -5.65. The number of hydrogen-bond donors (Lipinski definition) is 3. The van der Waals surface area contributed by atoms with E-state index in [0.717, 1.165) is 45.8 Å². The third kappa shape index (κ3) is 9.66. The summed E-state index contributed by atoms with van der Waals surface area (Å²) in [7, 11) is 3.89. The fourth-order valence-corrected chi connectivity index (χ4v) is 8.34. The number of fused-ring (bicyclic) bond motifs is 1. The fraction of sp³-hybridized carbons (Fsp3) is 0.209. The first kappa shape index (κ1) is 38.1. The zero-order valence-electron chi connectivity index (χ0n) is 30.4. The Labute approximate surface area is 323 Å². The Morgan fingerprint density at radius 3 is 2.31 bits per heavy atom. The van der Waals surface area contributed by atoms with E-state index in [1.165, 1.54) is 28.7 Å². The number of esters is 1. The highest BCUT2D eigenvalue weighted by molar-refractivity contribution is 8.00. The van der Waals surface area contributed by atoms with Gasteiger partial charge >= 0.3 is 5.97 Å². The van der Waals surface area contributed by atoms with E-state index in [4.69, 9.17) is 4.74 Å². The smallest absolute Gasteiger partial charge is 0.341 e. The van der Waals surface area contributed by atoms with E-state index in [0.29, 0.717) is 27.7 Å². The number of carbonyl (C=O) groups excluding carboxylic acids is 4. The molecule has 3 amide bonds. The molecule has 0 aliphatic heterocycles. The number of benzene rings is 4. The maximum Gasteiger partial charge on any atom is 0.341 e. The van der Waals surface area contributed by atoms with Crippen molar-refractivity contribution in [3.05, 3.63) is 148 Å². The number of thiophene rings is 1. The summed E-state index contributed by atoms with van der Waals surface area (Å²) < 4.78 is 5.41. The van der Waals surface area contributed by atoms with Gasteiger partial charge in [0, 0.05) is 40.8 Å². The number of carbonyl (C=O) groups is 4. The molecule has 0 bridgehead atoms. The van der Waals surface area contributed by atoms with Gasteiger partial charge in [0.15, 0.2) is 0 Å². The fourth-order valence-electron chi connectivity index (χ4n) is 6.25. The van der Waals surface area contributed by atoms with Gasteiger partial charge in [-0.1, -0.05) is 66.7 Å². The van der Waals surface area contributed by atoms with E-state index in [2.05, 4.69) is 28.1 Å². The van der Waals surface area contributed by atoms with Crippen LogP contribution in [-0.2, 0) is 27.2 Å². The van der Waals surface area contributed by atoms with Crippen LogP contribution in [0.5, 0.6) is 0 Å². The minimum atomic E-state index is -0.501. The van der Waals surface area contributed by atoms with Crippen LogP contribution in [0.3, 0.4) is 0 Å². The summed E-state index contributed by atoms with van der Waals surface area (Å²) in [5.74, 6) is -1.16. The second-order valence-corrected chi connectivity index (χ2v) is 15.1. The number of hydrogen-bond acceptors (Lipinski definition) is 8. The summed E-state index contributed by atoms with van der Waals surface area (Å²) in [5, 5.41) is 9.19. The van der Waals surface area contributed by atoms with Crippen LogP contribution in [0.15, 0.2) is 120 Å². The van der Waals surface area contributed by atoms with Crippen LogP contribution < -0.4 is 20.9 Å². The van der Waals surface area contributed by atoms with Crippen molar-refractivity contribution in [2.24, 2.45) is 0 Å². The molecule has 0 fully saturated rings. The van der Waals surface area contributed by atoms with Crippen LogP contribution in [0.25, 0.3) is 6.08 Å². The monoisotopic (exact) mass is 758 g/mol. The number of rotatable bonds is 13. The molecule has 3 N–H and O–H groups in total. The van der Waals surface area contributed by atoms with Crippen molar-refractivity contribution in [1.82, 2.24) is 5.32 Å². The maximum atomic E-state index is 13.6. The summed E-state index contributed by atoms with van der Waals surface area (Å²) in [6, 6.07) is 33.9. The molecule has 5 aromatic rings. The number of anilines is 3. The van der Waals surface area contributed by atoms with Crippen molar-refractivity contribution in [3.8, 4) is 0 Å². The van der Waals surface area contributed by atoms with Gasteiger partial charge in [-0.3, -0.25) is 14.4 Å². The van der Waals surface area contributed by atoms with Crippen molar-refractivity contribution in [2.45, 2.75) is 37.0 Å². The molecule has 0 spiro atoms. The van der Waals surface area contributed by atoms with Gasteiger partial charge in [-0.25, -0.2) is 4.79 Å². The van der Waals surface area contributed by atoms with Gasteiger partial charge in [-0.05, 0) is 97.3 Å². The van der Waals surface area contributed by atoms with Crippen molar-refractivity contribution < 1.29 is 23.9 Å². The summed E-state index contributed by atoms with van der Waals surface area (Å²) >= 11 is 2.76. The molecule has 0 saturated carbocycles. The molecule has 1 unspecified atom stereocenters. The predicted molar refractivity (Wildman–Crippen MR) is 219 cm³/mol. The van der Waals surface area contributed by atoms with E-state index in [1.54, 1.807) is 55.5 Å². The highest BCUT2D eigenvalue weighted by atomic mass is 32.2. The molecule has 54 heavy (non-hydrogen) atoms. The van der Waals surface area contributed by atoms with Crippen LogP contribution in [-0.4, -0.2) is 50.1 Å². The van der Waals surface area contributed by atoms with Crippen LogP contribution in [0.4, 0.5) is 16.4 Å². The largest absolute Gasteiger partial charge is 0.462 e. The highest BCUT2D eigenvalue weighted by Gasteiger charge is 2.31. The number of thioether (sulfide) groups is 1. The quantitative estimate of drug-likeness (QED) is 0.0628. The molecule has 1 atom stereocenters. The van der Waals surface area contributed by atoms with Gasteiger partial charge < -0.3 is 25.6 Å². The third-order valence-electron chi connectivity index (χ3n) is 8.98. The average molecular weight is 759 g/mol. The van der Waals surface area contributed by atoms with Gasteiger partial charge in [-0.15, -0.1) is 23.1 Å². The first-order valence-corrected chi connectivity index (χ1v) is 19.5. The summed E-state index contributed by atoms with van der Waals surface area (Å²) in [6.45, 7) is 2.02. The molecule has 0 radical (unpaired) electrons. The summed E-state index contributed by atoms with van der Waals surface area (Å²) in [5.41, 5.74) is 5.43. The van der Waals surface area contributed by atoms with Crippen molar-refractivity contribution in [3.63, 3.8) is 0 Å². The first-order valence-electron chi connectivity index (χ1n) is 17.7. The zero-order valence-corrected chi connectivity index (χ0v) is 32.0. The molecule has 1 heterocycles. The first-order chi connectivity index (χ1) is 26.2. The van der Waals surface area contributed by atoms with E-state index in [1.807, 2.05) is 73.6 Å². The Bertz CT molecular complexity index is 2150. The Balaban J connectivity index is 1.13. The van der Waals surface area contributed by atoms with E-state index >= 15 is 0 Å². The minimum Gasteiger partial charge on any atom is -0.462 e. The van der Waals surface area contributed by atoms with Gasteiger partial charge in [0.25, 0.3) is 11.8 Å². The Kier molecular flexibility index (Phi) is 12.6. The number of amides is 3. The molecule has 11 heteroatoms. The van der Waals surface area contributed by atoms with E-state index < -0.39 is 17.8 Å². The van der Waals surface area contributed by atoms with Gasteiger partial charge in [-0.2, -0.15) is 0 Å². The normalized spacial score (nSPS) is 13.7. The van der Waals surface area contributed by atoms with Crippen LogP contribution in [0.2, 0.25) is 0 Å². The minimum absolute atomic E-state index is 0.0741. The molecule has 4 aromatic carbocycles. The van der Waals surface area contributed by atoms with Crippen molar-refractivity contribution in [2.75, 3.05) is 42.0 Å². The van der Waals surface area contributed by atoms with E-state index in [9.17, 15) is 19.2 Å². The summed E-state index contributed by atoms with van der Waals surface area (Å²) in [6.07, 6.45) is 4.08. The SMILES string of the molecule is CCOC(=O)c1c(NC(=O)CSc2cccc(NC(=O)/C(=C\c3ccc(N(C)C)cc3)NC(=O)c3ccccc3)c2)sc2c1CCC(c1ccccc1)C2. The standard InChI is InChI=1S/C43H42N4O5S2/c1-4-52-43(51)39-35-23-20-31(29-12-7-5-8-13-29)25-37(35)54-42(39)46-38(48)27-53-34-17-11-16-32(26-34)44-41(50)36(45-40(49)30-14-9-6-10-15-30)24-28-18-21-33(22-19-28)47(2)3/h5-19,21-22,24,26,31H,4,20,23,25,27H2,1-3H3,(H,44,50)(H,45,49)(H,46,48)/b36-24+. The topological polar surface area (TPSA) is 117 Å². The molecule has 1 aromatic heterocycles. The number of nitrogens with zero attached hydrogens (tertiary/aromatic N) is 1. The zero-order chi connectivity index (χ0) is 38.0. The molecule has 1 aliphatic rings.